The molecule has 0 atom stereocenters. The van der Waals surface area contributed by atoms with Gasteiger partial charge in [-0.05, 0) is 30.2 Å². The van der Waals surface area contributed by atoms with Crippen molar-refractivity contribution >= 4 is 11.8 Å². The first-order chi connectivity index (χ1) is 8.83. The second kappa shape index (κ2) is 5.09. The van der Waals surface area contributed by atoms with Crippen molar-refractivity contribution in [3.05, 3.63) is 17.5 Å². The summed E-state index contributed by atoms with van der Waals surface area (Å²) in [6, 6.07) is 2.41. The van der Waals surface area contributed by atoms with E-state index in [0.29, 0.717) is 11.8 Å². The Morgan fingerprint density at radius 1 is 1.44 bits per heavy atom. The zero-order valence-corrected chi connectivity index (χ0v) is 11.1. The summed E-state index contributed by atoms with van der Waals surface area (Å²) in [5.74, 6) is 1.58. The second-order valence-corrected chi connectivity index (χ2v) is 5.51. The molecule has 0 radical (unpaired) electrons. The van der Waals surface area contributed by atoms with E-state index in [0.717, 1.165) is 16.6 Å². The summed E-state index contributed by atoms with van der Waals surface area (Å²) in [7, 11) is 0. The predicted molar refractivity (Wildman–Crippen MR) is 66.1 cm³/mol. The maximum absolute atomic E-state index is 5.18. The highest BCUT2D eigenvalue weighted by Gasteiger charge is 2.21. The molecule has 1 saturated carbocycles. The van der Waals surface area contributed by atoms with Crippen LogP contribution in [-0.2, 0) is 5.75 Å². The lowest BCUT2D eigenvalue weighted by Crippen LogP contribution is -2.08. The monoisotopic (exact) mass is 265 g/mol. The topological polar surface area (TPSA) is 69.6 Å². The minimum atomic E-state index is 0.471. The third-order valence-electron chi connectivity index (χ3n) is 3.15. The van der Waals surface area contributed by atoms with Gasteiger partial charge in [0.2, 0.25) is 5.16 Å². The highest BCUT2D eigenvalue weighted by atomic mass is 32.2. The van der Waals surface area contributed by atoms with Crippen LogP contribution in [0.25, 0.3) is 0 Å². The third-order valence-corrected chi connectivity index (χ3v) is 4.11. The summed E-state index contributed by atoms with van der Waals surface area (Å²) in [5, 5.41) is 16.7. The highest BCUT2D eigenvalue weighted by Crippen LogP contribution is 2.32. The van der Waals surface area contributed by atoms with E-state index in [4.69, 9.17) is 4.52 Å². The second-order valence-electron chi connectivity index (χ2n) is 4.57. The minimum Gasteiger partial charge on any atom is -0.360 e. The molecular formula is C11H15N5OS. The molecule has 2 aromatic rings. The van der Waals surface area contributed by atoms with Gasteiger partial charge in [0.05, 0.1) is 17.5 Å². The number of aryl methyl sites for hydroxylation is 1. The largest absolute Gasteiger partial charge is 0.360 e. The number of thioether (sulfide) groups is 1. The molecule has 0 unspecified atom stereocenters. The summed E-state index contributed by atoms with van der Waals surface area (Å²) in [6.45, 7) is 1.92. The lowest BCUT2D eigenvalue weighted by atomic mass is 10.3. The van der Waals surface area contributed by atoms with E-state index < -0.39 is 0 Å². The molecule has 0 bridgehead atoms. The highest BCUT2D eigenvalue weighted by molar-refractivity contribution is 7.98. The molecular weight excluding hydrogens is 250 g/mol. The van der Waals surface area contributed by atoms with Crippen LogP contribution in [0.4, 0.5) is 0 Å². The van der Waals surface area contributed by atoms with Gasteiger partial charge in [-0.2, -0.15) is 0 Å². The van der Waals surface area contributed by atoms with E-state index in [9.17, 15) is 0 Å². The number of rotatable bonds is 4. The summed E-state index contributed by atoms with van der Waals surface area (Å²) < 4.78 is 7.14. The number of aromatic nitrogens is 5. The van der Waals surface area contributed by atoms with Crippen LogP contribution in [0.2, 0.25) is 0 Å². The molecule has 1 aliphatic carbocycles. The minimum absolute atomic E-state index is 0.471. The Morgan fingerprint density at radius 2 is 2.28 bits per heavy atom. The zero-order chi connectivity index (χ0) is 12.4. The molecule has 2 heterocycles. The first-order valence-electron chi connectivity index (χ1n) is 6.16. The quantitative estimate of drug-likeness (QED) is 0.790. The fraction of sp³-hybridized carbons (Fsp3) is 0.636. The van der Waals surface area contributed by atoms with Crippen molar-refractivity contribution in [2.24, 2.45) is 0 Å². The molecule has 1 fully saturated rings. The van der Waals surface area contributed by atoms with Gasteiger partial charge in [0.15, 0.2) is 0 Å². The molecule has 1 aliphatic rings. The van der Waals surface area contributed by atoms with Crippen LogP contribution in [-0.4, -0.2) is 25.4 Å². The summed E-state index contributed by atoms with van der Waals surface area (Å²) in [4.78, 5) is 0. The maximum atomic E-state index is 5.18. The van der Waals surface area contributed by atoms with Crippen molar-refractivity contribution in [3.63, 3.8) is 0 Å². The smallest absolute Gasteiger partial charge is 0.210 e. The van der Waals surface area contributed by atoms with Crippen molar-refractivity contribution in [1.29, 1.82) is 0 Å². The van der Waals surface area contributed by atoms with Gasteiger partial charge in [-0.25, -0.2) is 4.68 Å². The van der Waals surface area contributed by atoms with Gasteiger partial charge in [-0.3, -0.25) is 0 Å². The normalized spacial score (nSPS) is 16.5. The number of nitrogens with zero attached hydrogens (tertiary/aromatic N) is 5. The van der Waals surface area contributed by atoms with Gasteiger partial charge in [-0.15, -0.1) is 5.10 Å². The van der Waals surface area contributed by atoms with E-state index in [2.05, 4.69) is 20.7 Å². The molecule has 3 rings (SSSR count). The van der Waals surface area contributed by atoms with Crippen LogP contribution in [0.5, 0.6) is 0 Å². The van der Waals surface area contributed by atoms with Crippen molar-refractivity contribution in [2.45, 2.75) is 49.6 Å². The average molecular weight is 265 g/mol. The van der Waals surface area contributed by atoms with Crippen molar-refractivity contribution < 1.29 is 4.52 Å². The molecule has 0 N–H and O–H groups in total. The zero-order valence-electron chi connectivity index (χ0n) is 10.2. The van der Waals surface area contributed by atoms with Gasteiger partial charge in [0.1, 0.15) is 5.76 Å². The standard InChI is InChI=1S/C11H15N5OS/c1-8-6-10(17-13-8)7-18-11-12-14-15-16(11)9-4-2-3-5-9/h6,9H,2-5,7H2,1H3. The van der Waals surface area contributed by atoms with Crippen LogP contribution in [0.1, 0.15) is 43.2 Å². The van der Waals surface area contributed by atoms with Gasteiger partial charge >= 0.3 is 0 Å². The number of hydrogen-bond acceptors (Lipinski definition) is 6. The molecule has 0 spiro atoms. The van der Waals surface area contributed by atoms with E-state index in [1.165, 1.54) is 25.7 Å². The van der Waals surface area contributed by atoms with Gasteiger partial charge in [-0.1, -0.05) is 29.8 Å². The number of tetrazole rings is 1. The van der Waals surface area contributed by atoms with Gasteiger partial charge < -0.3 is 4.52 Å². The molecule has 6 nitrogen and oxygen atoms in total. The fourth-order valence-corrected chi connectivity index (χ4v) is 3.10. The van der Waals surface area contributed by atoms with Crippen molar-refractivity contribution in [2.75, 3.05) is 0 Å². The Balaban J connectivity index is 1.67. The van der Waals surface area contributed by atoms with E-state index in [1.54, 1.807) is 11.8 Å². The Morgan fingerprint density at radius 3 is 3.00 bits per heavy atom. The van der Waals surface area contributed by atoms with Crippen LogP contribution in [0.3, 0.4) is 0 Å². The maximum Gasteiger partial charge on any atom is 0.210 e. The van der Waals surface area contributed by atoms with Crippen molar-refractivity contribution in [1.82, 2.24) is 25.4 Å². The molecule has 0 aliphatic heterocycles. The Labute approximate surface area is 109 Å². The van der Waals surface area contributed by atoms with E-state index in [1.807, 2.05) is 17.7 Å². The van der Waals surface area contributed by atoms with E-state index in [-0.39, 0.29) is 0 Å². The van der Waals surface area contributed by atoms with Crippen molar-refractivity contribution in [3.8, 4) is 0 Å². The fourth-order valence-electron chi connectivity index (χ4n) is 2.28. The molecule has 0 amide bonds. The van der Waals surface area contributed by atoms with Crippen LogP contribution in [0.15, 0.2) is 15.7 Å². The first kappa shape index (κ1) is 11.7. The third kappa shape index (κ3) is 2.40. The predicted octanol–water partition coefficient (Wildman–Crippen LogP) is 2.38. The number of hydrogen-bond donors (Lipinski definition) is 0. The summed E-state index contributed by atoms with van der Waals surface area (Å²) in [6.07, 6.45) is 4.91. The summed E-state index contributed by atoms with van der Waals surface area (Å²) >= 11 is 1.60. The first-order valence-corrected chi connectivity index (χ1v) is 7.14. The Bertz CT molecular complexity index is 517. The van der Waals surface area contributed by atoms with Crippen LogP contribution >= 0.6 is 11.8 Å². The Hall–Kier alpha value is -1.37. The van der Waals surface area contributed by atoms with Gasteiger partial charge in [0.25, 0.3) is 0 Å². The van der Waals surface area contributed by atoms with Crippen LogP contribution < -0.4 is 0 Å². The summed E-state index contributed by atoms with van der Waals surface area (Å²) in [5.41, 5.74) is 0.904. The molecule has 0 saturated heterocycles. The molecule has 0 aromatic carbocycles. The van der Waals surface area contributed by atoms with E-state index >= 15 is 0 Å². The van der Waals surface area contributed by atoms with Gasteiger partial charge in [0, 0.05) is 6.07 Å². The molecule has 2 aromatic heterocycles. The molecule has 18 heavy (non-hydrogen) atoms. The van der Waals surface area contributed by atoms with Crippen LogP contribution in [0, 0.1) is 6.92 Å². The Kier molecular flexibility index (Phi) is 3.31. The lowest BCUT2D eigenvalue weighted by molar-refractivity contribution is 0.390. The SMILES string of the molecule is Cc1cc(CSc2nnnn2C2CCCC2)on1. The molecule has 96 valence electrons. The molecule has 7 heteroatoms. The average Bonchev–Trinajstić information content (AvgIpc) is 3.07. The lowest BCUT2D eigenvalue weighted by Gasteiger charge is -2.09.